The smallest absolute Gasteiger partial charge is 0.0461 e. The molecule has 0 aliphatic carbocycles. The van der Waals surface area contributed by atoms with Crippen LogP contribution in [0.5, 0.6) is 0 Å². The third-order valence-corrected chi connectivity index (χ3v) is 2.74. The molecule has 0 unspecified atom stereocenters. The molecule has 1 aromatic heterocycles. The van der Waals surface area contributed by atoms with Gasteiger partial charge in [0.15, 0.2) is 0 Å². The maximum absolute atomic E-state index is 4.32. The predicted molar refractivity (Wildman–Crippen MR) is 52.4 cm³/mol. The van der Waals surface area contributed by atoms with Crippen LogP contribution in [0.25, 0.3) is 0 Å². The molecular formula is C8H9IN2. The molecule has 0 amide bonds. The summed E-state index contributed by atoms with van der Waals surface area (Å²) in [4.78, 5) is 4.32. The Balaban J connectivity index is 2.34. The zero-order valence-electron chi connectivity index (χ0n) is 6.13. The van der Waals surface area contributed by atoms with Gasteiger partial charge in [0, 0.05) is 54.3 Å². The molecule has 58 valence electrons. The van der Waals surface area contributed by atoms with Gasteiger partial charge in [0.1, 0.15) is 0 Å². The summed E-state index contributed by atoms with van der Waals surface area (Å²) in [6, 6.07) is 4.17. The molecule has 0 saturated carbocycles. The van der Waals surface area contributed by atoms with E-state index in [1.165, 1.54) is 11.3 Å². The summed E-state index contributed by atoms with van der Waals surface area (Å²) in [7, 11) is 0. The third-order valence-electron chi connectivity index (χ3n) is 1.92. The Hall–Kier alpha value is -0.160. The van der Waals surface area contributed by atoms with Crippen molar-refractivity contribution < 1.29 is 0 Å². The van der Waals surface area contributed by atoms with E-state index < -0.39 is 0 Å². The van der Waals surface area contributed by atoms with Crippen LogP contribution in [0.3, 0.4) is 0 Å². The number of aromatic nitrogens is 1. The number of halogens is 1. The number of rotatable bonds is 0. The van der Waals surface area contributed by atoms with Gasteiger partial charge >= 0.3 is 0 Å². The molecule has 11 heavy (non-hydrogen) atoms. The number of hydrogen-bond donors (Lipinski definition) is 0. The van der Waals surface area contributed by atoms with Crippen molar-refractivity contribution in [2.24, 2.45) is 0 Å². The highest BCUT2D eigenvalue weighted by Gasteiger charge is 2.13. The summed E-state index contributed by atoms with van der Waals surface area (Å²) in [5, 5.41) is 0. The molecule has 2 nitrogen and oxygen atoms in total. The second-order valence-electron chi connectivity index (χ2n) is 2.70. The monoisotopic (exact) mass is 260 g/mol. The predicted octanol–water partition coefficient (Wildman–Crippen LogP) is 1.79. The first kappa shape index (κ1) is 7.49. The minimum atomic E-state index is 1.05. The summed E-state index contributed by atoms with van der Waals surface area (Å²) < 4.78 is 2.29. The topological polar surface area (TPSA) is 16.1 Å². The second kappa shape index (κ2) is 3.06. The van der Waals surface area contributed by atoms with Gasteiger partial charge in [0.05, 0.1) is 0 Å². The first-order valence-electron chi connectivity index (χ1n) is 3.70. The average molecular weight is 260 g/mol. The molecule has 3 heteroatoms. The highest BCUT2D eigenvalue weighted by molar-refractivity contribution is 14.1. The number of pyridine rings is 1. The van der Waals surface area contributed by atoms with E-state index in [0.29, 0.717) is 0 Å². The van der Waals surface area contributed by atoms with Crippen molar-refractivity contribution in [2.75, 3.05) is 6.54 Å². The molecule has 0 N–H and O–H groups in total. The molecule has 1 aliphatic rings. The molecule has 0 fully saturated rings. The first-order chi connectivity index (χ1) is 5.36. The quantitative estimate of drug-likeness (QED) is 0.522. The fourth-order valence-corrected chi connectivity index (χ4v) is 1.94. The molecule has 1 aliphatic heterocycles. The lowest BCUT2D eigenvalue weighted by Gasteiger charge is -2.21. The highest BCUT2D eigenvalue weighted by Crippen LogP contribution is 2.18. The van der Waals surface area contributed by atoms with Crippen LogP contribution in [0.1, 0.15) is 11.3 Å². The van der Waals surface area contributed by atoms with Gasteiger partial charge in [-0.1, -0.05) is 6.07 Å². The summed E-state index contributed by atoms with van der Waals surface area (Å²) in [5.41, 5.74) is 2.66. The lowest BCUT2D eigenvalue weighted by molar-refractivity contribution is 0.474. The van der Waals surface area contributed by atoms with Crippen LogP contribution in [-0.2, 0) is 13.0 Å². The van der Waals surface area contributed by atoms with E-state index in [1.54, 1.807) is 0 Å². The lowest BCUT2D eigenvalue weighted by Crippen LogP contribution is -2.22. The fraction of sp³-hybridized carbons (Fsp3) is 0.375. The Bertz CT molecular complexity index is 262. The van der Waals surface area contributed by atoms with E-state index in [0.717, 1.165) is 19.5 Å². The van der Waals surface area contributed by atoms with Gasteiger partial charge in [-0.25, -0.2) is 3.11 Å². The van der Waals surface area contributed by atoms with Gasteiger partial charge in [0.2, 0.25) is 0 Å². The van der Waals surface area contributed by atoms with Crippen LogP contribution in [0.4, 0.5) is 0 Å². The van der Waals surface area contributed by atoms with E-state index >= 15 is 0 Å². The second-order valence-corrected chi connectivity index (χ2v) is 4.07. The Kier molecular flexibility index (Phi) is 2.09. The van der Waals surface area contributed by atoms with Crippen molar-refractivity contribution in [3.05, 3.63) is 29.6 Å². The van der Waals surface area contributed by atoms with Crippen LogP contribution in [0, 0.1) is 0 Å². The van der Waals surface area contributed by atoms with E-state index in [9.17, 15) is 0 Å². The molecule has 0 spiro atoms. The molecular weight excluding hydrogens is 251 g/mol. The standard InChI is InChI=1S/C8H9IN2/c9-11-5-3-8-7(6-11)2-1-4-10-8/h1-2,4H,3,5-6H2. The third kappa shape index (κ3) is 1.54. The summed E-state index contributed by atoms with van der Waals surface area (Å²) in [5.74, 6) is 0. The van der Waals surface area contributed by atoms with Crippen LogP contribution in [0.2, 0.25) is 0 Å². The van der Waals surface area contributed by atoms with Crippen molar-refractivity contribution in [3.8, 4) is 0 Å². The van der Waals surface area contributed by atoms with Gasteiger partial charge in [-0.3, -0.25) is 4.98 Å². The lowest BCUT2D eigenvalue weighted by atomic mass is 10.1. The fourth-order valence-electron chi connectivity index (χ4n) is 1.33. The van der Waals surface area contributed by atoms with Crippen molar-refractivity contribution in [2.45, 2.75) is 13.0 Å². The van der Waals surface area contributed by atoms with Crippen LogP contribution in [-0.4, -0.2) is 14.6 Å². The molecule has 0 saturated heterocycles. The van der Waals surface area contributed by atoms with E-state index in [1.807, 2.05) is 12.3 Å². The van der Waals surface area contributed by atoms with E-state index in [2.05, 4.69) is 37.0 Å². The molecule has 2 heterocycles. The van der Waals surface area contributed by atoms with Gasteiger partial charge in [-0.05, 0) is 11.6 Å². The normalized spacial score (nSPS) is 17.9. The number of nitrogens with zero attached hydrogens (tertiary/aromatic N) is 2. The molecule has 0 aromatic carbocycles. The summed E-state index contributed by atoms with van der Waals surface area (Å²) >= 11 is 2.36. The van der Waals surface area contributed by atoms with Gasteiger partial charge in [-0.15, -0.1) is 0 Å². The minimum Gasteiger partial charge on any atom is -0.261 e. The zero-order valence-corrected chi connectivity index (χ0v) is 8.28. The van der Waals surface area contributed by atoms with Crippen LogP contribution in [0.15, 0.2) is 18.3 Å². The van der Waals surface area contributed by atoms with E-state index in [4.69, 9.17) is 0 Å². The average Bonchev–Trinajstić information content (AvgIpc) is 2.04. The zero-order chi connectivity index (χ0) is 7.68. The van der Waals surface area contributed by atoms with Gasteiger partial charge in [0.25, 0.3) is 0 Å². The Morgan fingerprint density at radius 3 is 3.36 bits per heavy atom. The van der Waals surface area contributed by atoms with Gasteiger partial charge in [-0.2, -0.15) is 0 Å². The van der Waals surface area contributed by atoms with E-state index in [-0.39, 0.29) is 0 Å². The maximum Gasteiger partial charge on any atom is 0.0461 e. The summed E-state index contributed by atoms with van der Waals surface area (Å²) in [6.45, 7) is 2.17. The maximum atomic E-state index is 4.32. The largest absolute Gasteiger partial charge is 0.261 e. The van der Waals surface area contributed by atoms with Crippen molar-refractivity contribution in [1.82, 2.24) is 8.10 Å². The van der Waals surface area contributed by atoms with Gasteiger partial charge < -0.3 is 0 Å². The molecule has 1 aromatic rings. The molecule has 0 atom stereocenters. The number of fused-ring (bicyclic) bond motifs is 1. The highest BCUT2D eigenvalue weighted by atomic mass is 127. The molecule has 0 bridgehead atoms. The van der Waals surface area contributed by atoms with Crippen molar-refractivity contribution in [3.63, 3.8) is 0 Å². The van der Waals surface area contributed by atoms with Crippen LogP contribution < -0.4 is 0 Å². The molecule has 2 rings (SSSR count). The van der Waals surface area contributed by atoms with Crippen molar-refractivity contribution in [1.29, 1.82) is 0 Å². The van der Waals surface area contributed by atoms with Crippen molar-refractivity contribution >= 4 is 22.9 Å². The Morgan fingerprint density at radius 1 is 1.55 bits per heavy atom. The minimum absolute atomic E-state index is 1.05. The number of hydrogen-bond acceptors (Lipinski definition) is 2. The van der Waals surface area contributed by atoms with Crippen LogP contribution >= 0.6 is 22.9 Å². The first-order valence-corrected chi connectivity index (χ1v) is 4.66. The Labute approximate surface area is 80.1 Å². The SMILES string of the molecule is IN1CCc2ncccc2C1. The molecule has 0 radical (unpaired) electrons. The summed E-state index contributed by atoms with van der Waals surface area (Å²) in [6.07, 6.45) is 2.97. The Morgan fingerprint density at radius 2 is 2.45 bits per heavy atom.